The Morgan fingerprint density at radius 3 is 3.13 bits per heavy atom. The van der Waals surface area contributed by atoms with Gasteiger partial charge in [0.05, 0.1) is 0 Å². The summed E-state index contributed by atoms with van der Waals surface area (Å²) in [5.74, 6) is 0. The van der Waals surface area contributed by atoms with Gasteiger partial charge in [-0.25, -0.2) is 4.79 Å². The monoisotopic (exact) mass is 206 g/mol. The fraction of sp³-hybridized carbons (Fsp3) is 0.364. The van der Waals surface area contributed by atoms with Crippen LogP contribution in [0.15, 0.2) is 18.2 Å². The van der Waals surface area contributed by atoms with E-state index < -0.39 is 6.09 Å². The van der Waals surface area contributed by atoms with Crippen molar-refractivity contribution in [2.75, 3.05) is 6.54 Å². The molecule has 0 aliphatic carbocycles. The van der Waals surface area contributed by atoms with Crippen LogP contribution in [0.4, 0.5) is 4.79 Å². The Morgan fingerprint density at radius 2 is 2.33 bits per heavy atom. The summed E-state index contributed by atoms with van der Waals surface area (Å²) < 4.78 is 0. The predicted molar refractivity (Wildman–Crippen MR) is 56.7 cm³/mol. The van der Waals surface area contributed by atoms with Gasteiger partial charge < -0.3 is 15.7 Å². The largest absolute Gasteiger partial charge is 0.465 e. The third-order valence-electron chi connectivity index (χ3n) is 2.60. The molecule has 2 rings (SSSR count). The minimum absolute atomic E-state index is 0.385. The third-order valence-corrected chi connectivity index (χ3v) is 2.60. The molecule has 0 atom stereocenters. The number of rotatable bonds is 2. The second-order valence-corrected chi connectivity index (χ2v) is 3.69. The molecule has 15 heavy (non-hydrogen) atoms. The molecule has 0 bridgehead atoms. The third kappa shape index (κ3) is 2.47. The van der Waals surface area contributed by atoms with Crippen LogP contribution in [0.3, 0.4) is 0 Å². The first kappa shape index (κ1) is 9.98. The lowest BCUT2D eigenvalue weighted by Crippen LogP contribution is -2.24. The number of benzene rings is 1. The molecule has 0 spiro atoms. The van der Waals surface area contributed by atoms with Gasteiger partial charge >= 0.3 is 6.09 Å². The Labute approximate surface area is 88.3 Å². The van der Waals surface area contributed by atoms with E-state index in [1.54, 1.807) is 0 Å². The van der Waals surface area contributed by atoms with Crippen LogP contribution in [0.2, 0.25) is 0 Å². The van der Waals surface area contributed by atoms with Gasteiger partial charge in [-0.15, -0.1) is 0 Å². The molecule has 80 valence electrons. The van der Waals surface area contributed by atoms with Gasteiger partial charge in [0, 0.05) is 13.1 Å². The molecular formula is C11H14N2O2. The van der Waals surface area contributed by atoms with Gasteiger partial charge in [-0.2, -0.15) is 0 Å². The number of fused-ring (bicyclic) bond motifs is 1. The molecule has 1 aromatic carbocycles. The molecule has 0 radical (unpaired) electrons. The molecule has 1 aliphatic rings. The van der Waals surface area contributed by atoms with E-state index in [0.717, 1.165) is 25.1 Å². The van der Waals surface area contributed by atoms with E-state index in [1.165, 1.54) is 11.1 Å². The van der Waals surface area contributed by atoms with Crippen molar-refractivity contribution < 1.29 is 9.90 Å². The highest BCUT2D eigenvalue weighted by Gasteiger charge is 2.08. The molecule has 1 heterocycles. The van der Waals surface area contributed by atoms with Crippen LogP contribution in [-0.4, -0.2) is 17.7 Å². The fourth-order valence-electron chi connectivity index (χ4n) is 1.82. The van der Waals surface area contributed by atoms with Gasteiger partial charge in [0.1, 0.15) is 0 Å². The van der Waals surface area contributed by atoms with Crippen molar-refractivity contribution in [2.45, 2.75) is 19.5 Å². The Morgan fingerprint density at radius 1 is 1.47 bits per heavy atom. The molecule has 1 aliphatic heterocycles. The highest BCUT2D eigenvalue weighted by atomic mass is 16.4. The molecule has 1 aromatic rings. The number of amides is 1. The van der Waals surface area contributed by atoms with Crippen LogP contribution in [0, 0.1) is 0 Å². The number of carboxylic acid groups (broad SMARTS) is 1. The normalized spacial score (nSPS) is 14.4. The second-order valence-electron chi connectivity index (χ2n) is 3.69. The lowest BCUT2D eigenvalue weighted by Gasteiger charge is -2.17. The SMILES string of the molecule is O=C(O)NCc1ccc2c(c1)CCNC2. The molecule has 3 N–H and O–H groups in total. The summed E-state index contributed by atoms with van der Waals surface area (Å²) in [7, 11) is 0. The zero-order valence-corrected chi connectivity index (χ0v) is 8.42. The summed E-state index contributed by atoms with van der Waals surface area (Å²) in [6.45, 7) is 2.31. The molecule has 0 fully saturated rings. The van der Waals surface area contributed by atoms with E-state index in [2.05, 4.69) is 22.8 Å². The highest BCUT2D eigenvalue weighted by molar-refractivity contribution is 5.64. The zero-order chi connectivity index (χ0) is 10.7. The average molecular weight is 206 g/mol. The zero-order valence-electron chi connectivity index (χ0n) is 8.42. The van der Waals surface area contributed by atoms with Crippen molar-refractivity contribution in [1.82, 2.24) is 10.6 Å². The summed E-state index contributed by atoms with van der Waals surface area (Å²) in [6.07, 6.45) is 0.0466. The molecule has 0 unspecified atom stereocenters. The maximum absolute atomic E-state index is 10.3. The summed E-state index contributed by atoms with van der Waals surface area (Å²) in [5, 5.41) is 14.2. The number of hydrogen-bond donors (Lipinski definition) is 3. The summed E-state index contributed by atoms with van der Waals surface area (Å²) in [6, 6.07) is 6.13. The molecule has 0 aromatic heterocycles. The minimum Gasteiger partial charge on any atom is -0.465 e. The molecule has 4 heteroatoms. The molecular weight excluding hydrogens is 192 g/mol. The molecule has 1 amide bonds. The maximum Gasteiger partial charge on any atom is 0.404 e. The van der Waals surface area contributed by atoms with Crippen LogP contribution in [0.1, 0.15) is 16.7 Å². The van der Waals surface area contributed by atoms with Crippen molar-refractivity contribution in [3.63, 3.8) is 0 Å². The van der Waals surface area contributed by atoms with Crippen molar-refractivity contribution in [3.05, 3.63) is 34.9 Å². The first-order chi connectivity index (χ1) is 7.25. The number of hydrogen-bond acceptors (Lipinski definition) is 2. The topological polar surface area (TPSA) is 61.4 Å². The Balaban J connectivity index is 2.10. The predicted octanol–water partition coefficient (Wildman–Crippen LogP) is 1.10. The van der Waals surface area contributed by atoms with Crippen LogP contribution >= 0.6 is 0 Å². The van der Waals surface area contributed by atoms with E-state index in [-0.39, 0.29) is 0 Å². The van der Waals surface area contributed by atoms with E-state index >= 15 is 0 Å². The van der Waals surface area contributed by atoms with Crippen molar-refractivity contribution in [2.24, 2.45) is 0 Å². The van der Waals surface area contributed by atoms with E-state index in [0.29, 0.717) is 6.54 Å². The quantitative estimate of drug-likeness (QED) is 0.679. The summed E-state index contributed by atoms with van der Waals surface area (Å²) in [4.78, 5) is 10.3. The van der Waals surface area contributed by atoms with Gasteiger partial charge in [0.15, 0.2) is 0 Å². The number of nitrogens with one attached hydrogen (secondary N) is 2. The van der Waals surface area contributed by atoms with Crippen molar-refractivity contribution >= 4 is 6.09 Å². The van der Waals surface area contributed by atoms with Crippen LogP contribution in [0.5, 0.6) is 0 Å². The van der Waals surface area contributed by atoms with Gasteiger partial charge in [0.25, 0.3) is 0 Å². The number of carbonyl (C=O) groups is 1. The molecule has 0 saturated carbocycles. The van der Waals surface area contributed by atoms with Crippen molar-refractivity contribution in [1.29, 1.82) is 0 Å². The van der Waals surface area contributed by atoms with Crippen LogP contribution < -0.4 is 10.6 Å². The second kappa shape index (κ2) is 4.31. The summed E-state index contributed by atoms with van der Waals surface area (Å²) in [5.41, 5.74) is 3.68. The van der Waals surface area contributed by atoms with Crippen LogP contribution in [-0.2, 0) is 19.5 Å². The minimum atomic E-state index is -0.977. The van der Waals surface area contributed by atoms with E-state index in [9.17, 15) is 4.79 Å². The Hall–Kier alpha value is -1.55. The molecule has 4 nitrogen and oxygen atoms in total. The fourth-order valence-corrected chi connectivity index (χ4v) is 1.82. The first-order valence-electron chi connectivity index (χ1n) is 5.04. The standard InChI is InChI=1S/C11H14N2O2/c14-11(15)13-6-8-1-2-10-7-12-4-3-9(10)5-8/h1-2,5,12-13H,3-4,6-7H2,(H,14,15). The van der Waals surface area contributed by atoms with Gasteiger partial charge in [0.2, 0.25) is 0 Å². The van der Waals surface area contributed by atoms with Crippen molar-refractivity contribution in [3.8, 4) is 0 Å². The average Bonchev–Trinajstić information content (AvgIpc) is 2.26. The maximum atomic E-state index is 10.3. The lowest BCUT2D eigenvalue weighted by atomic mass is 9.98. The van der Waals surface area contributed by atoms with E-state index in [4.69, 9.17) is 5.11 Å². The highest BCUT2D eigenvalue weighted by Crippen LogP contribution is 2.15. The Bertz CT molecular complexity index is 377. The first-order valence-corrected chi connectivity index (χ1v) is 5.04. The molecule has 0 saturated heterocycles. The van der Waals surface area contributed by atoms with Gasteiger partial charge in [-0.1, -0.05) is 18.2 Å². The lowest BCUT2D eigenvalue weighted by molar-refractivity contribution is 0.194. The van der Waals surface area contributed by atoms with Gasteiger partial charge in [-0.05, 0) is 29.7 Å². The Kier molecular flexibility index (Phi) is 2.87. The van der Waals surface area contributed by atoms with Crippen LogP contribution in [0.25, 0.3) is 0 Å². The summed E-state index contributed by atoms with van der Waals surface area (Å²) >= 11 is 0. The van der Waals surface area contributed by atoms with Gasteiger partial charge in [-0.3, -0.25) is 0 Å². The smallest absolute Gasteiger partial charge is 0.404 e. The van der Waals surface area contributed by atoms with E-state index in [1.807, 2.05) is 6.07 Å².